The third-order valence-corrected chi connectivity index (χ3v) is 2.43. The second kappa shape index (κ2) is 5.72. The summed E-state index contributed by atoms with van der Waals surface area (Å²) >= 11 is 0. The maximum Gasteiger partial charge on any atom is 0.127 e. The van der Waals surface area contributed by atoms with Crippen LogP contribution in [0.25, 0.3) is 0 Å². The van der Waals surface area contributed by atoms with Crippen LogP contribution in [0, 0.1) is 11.3 Å². The first-order valence-corrected chi connectivity index (χ1v) is 5.57. The average molecular weight is 223 g/mol. The molecule has 0 aromatic heterocycles. The molecule has 0 bridgehead atoms. The fourth-order valence-corrected chi connectivity index (χ4v) is 1.55. The van der Waals surface area contributed by atoms with Gasteiger partial charge >= 0.3 is 0 Å². The lowest BCUT2D eigenvalue weighted by atomic mass is 10.1. The maximum atomic E-state index is 8.50. The van der Waals surface area contributed by atoms with Gasteiger partial charge in [-0.2, -0.15) is 5.26 Å². The highest BCUT2D eigenvalue weighted by molar-refractivity contribution is 5.33. The number of aryl methyl sites for hydroxylation is 1. The number of para-hydroxylation sites is 1. The molecule has 17 heavy (non-hydrogen) atoms. The van der Waals surface area contributed by atoms with Crippen molar-refractivity contribution in [2.24, 2.45) is 0 Å². The highest BCUT2D eigenvalue weighted by Gasteiger charge is 1.97. The largest absolute Gasteiger partial charge is 0.457 e. The van der Waals surface area contributed by atoms with E-state index in [1.54, 1.807) is 0 Å². The number of benzene rings is 2. The minimum Gasteiger partial charge on any atom is -0.457 e. The van der Waals surface area contributed by atoms with Gasteiger partial charge < -0.3 is 4.74 Å². The van der Waals surface area contributed by atoms with Gasteiger partial charge in [-0.1, -0.05) is 30.3 Å². The molecular weight excluding hydrogens is 210 g/mol. The topological polar surface area (TPSA) is 33.0 Å². The van der Waals surface area contributed by atoms with E-state index < -0.39 is 0 Å². The van der Waals surface area contributed by atoms with Gasteiger partial charge in [-0.15, -0.1) is 0 Å². The molecule has 2 aromatic rings. The minimum atomic E-state index is 0.554. The molecule has 0 fully saturated rings. The Morgan fingerprint density at radius 1 is 0.882 bits per heavy atom. The molecule has 0 aliphatic carbocycles. The Bertz CT molecular complexity index is 497. The Balaban J connectivity index is 2.01. The maximum absolute atomic E-state index is 8.50. The van der Waals surface area contributed by atoms with E-state index in [2.05, 4.69) is 6.07 Å². The van der Waals surface area contributed by atoms with Gasteiger partial charge in [0.15, 0.2) is 0 Å². The molecule has 0 aliphatic heterocycles. The smallest absolute Gasteiger partial charge is 0.127 e. The molecule has 2 aromatic carbocycles. The van der Waals surface area contributed by atoms with Crippen LogP contribution < -0.4 is 4.74 Å². The van der Waals surface area contributed by atoms with Crippen molar-refractivity contribution < 1.29 is 4.74 Å². The molecule has 0 aliphatic rings. The molecule has 0 spiro atoms. The van der Waals surface area contributed by atoms with E-state index in [0.717, 1.165) is 23.5 Å². The van der Waals surface area contributed by atoms with Crippen LogP contribution in [0.4, 0.5) is 0 Å². The molecule has 0 saturated heterocycles. The van der Waals surface area contributed by atoms with Gasteiger partial charge in [0.1, 0.15) is 11.5 Å². The van der Waals surface area contributed by atoms with Crippen molar-refractivity contribution in [1.29, 1.82) is 5.26 Å². The highest BCUT2D eigenvalue weighted by atomic mass is 16.5. The minimum absolute atomic E-state index is 0.554. The van der Waals surface area contributed by atoms with Crippen LogP contribution in [0.1, 0.15) is 12.0 Å². The van der Waals surface area contributed by atoms with Crippen LogP contribution in [0.3, 0.4) is 0 Å². The molecular formula is C15H13NO. The van der Waals surface area contributed by atoms with Crippen molar-refractivity contribution in [3.8, 4) is 17.6 Å². The molecule has 2 rings (SSSR count). The van der Waals surface area contributed by atoms with Gasteiger partial charge in [-0.05, 0) is 36.2 Å². The summed E-state index contributed by atoms with van der Waals surface area (Å²) in [7, 11) is 0. The lowest BCUT2D eigenvalue weighted by molar-refractivity contribution is 0.482. The van der Waals surface area contributed by atoms with Crippen LogP contribution in [-0.4, -0.2) is 0 Å². The lowest BCUT2D eigenvalue weighted by Gasteiger charge is -2.05. The first-order valence-electron chi connectivity index (χ1n) is 5.57. The van der Waals surface area contributed by atoms with Crippen molar-refractivity contribution in [2.75, 3.05) is 0 Å². The Morgan fingerprint density at radius 2 is 1.53 bits per heavy atom. The van der Waals surface area contributed by atoms with Gasteiger partial charge in [0.25, 0.3) is 0 Å². The first kappa shape index (κ1) is 11.2. The summed E-state index contributed by atoms with van der Waals surface area (Å²) in [5.74, 6) is 1.65. The average Bonchev–Trinajstić information content (AvgIpc) is 2.39. The zero-order chi connectivity index (χ0) is 11.9. The quantitative estimate of drug-likeness (QED) is 0.786. The third kappa shape index (κ3) is 3.35. The van der Waals surface area contributed by atoms with Gasteiger partial charge in [0, 0.05) is 6.42 Å². The van der Waals surface area contributed by atoms with Crippen molar-refractivity contribution in [3.63, 3.8) is 0 Å². The Morgan fingerprint density at radius 3 is 2.18 bits per heavy atom. The zero-order valence-corrected chi connectivity index (χ0v) is 9.47. The Labute approximate surface area is 101 Å². The van der Waals surface area contributed by atoms with Crippen molar-refractivity contribution in [2.45, 2.75) is 12.8 Å². The Kier molecular flexibility index (Phi) is 3.77. The van der Waals surface area contributed by atoms with E-state index in [1.165, 1.54) is 0 Å². The molecule has 2 heteroatoms. The number of ether oxygens (including phenoxy) is 1. The molecule has 2 nitrogen and oxygen atoms in total. The van der Waals surface area contributed by atoms with Gasteiger partial charge in [-0.25, -0.2) is 0 Å². The Hall–Kier alpha value is -2.27. The van der Waals surface area contributed by atoms with E-state index >= 15 is 0 Å². The molecule has 0 heterocycles. The number of rotatable bonds is 4. The predicted octanol–water partition coefficient (Wildman–Crippen LogP) is 3.94. The number of hydrogen-bond donors (Lipinski definition) is 0. The second-order valence-electron chi connectivity index (χ2n) is 3.72. The molecule has 0 unspecified atom stereocenters. The molecule has 0 saturated carbocycles. The third-order valence-electron chi connectivity index (χ3n) is 2.43. The number of hydrogen-bond acceptors (Lipinski definition) is 2. The second-order valence-corrected chi connectivity index (χ2v) is 3.72. The van der Waals surface area contributed by atoms with Crippen molar-refractivity contribution >= 4 is 0 Å². The summed E-state index contributed by atoms with van der Waals surface area (Å²) in [4.78, 5) is 0. The molecule has 0 radical (unpaired) electrons. The fourth-order valence-electron chi connectivity index (χ4n) is 1.55. The summed E-state index contributed by atoms with van der Waals surface area (Å²) in [5, 5.41) is 8.50. The number of nitrogens with zero attached hydrogens (tertiary/aromatic N) is 1. The lowest BCUT2D eigenvalue weighted by Crippen LogP contribution is -1.86. The predicted molar refractivity (Wildman–Crippen MR) is 66.9 cm³/mol. The van der Waals surface area contributed by atoms with Crippen LogP contribution in [0.2, 0.25) is 0 Å². The van der Waals surface area contributed by atoms with E-state index in [9.17, 15) is 0 Å². The molecule has 0 amide bonds. The van der Waals surface area contributed by atoms with Crippen molar-refractivity contribution in [3.05, 3.63) is 60.2 Å². The summed E-state index contributed by atoms with van der Waals surface area (Å²) in [6.45, 7) is 0. The summed E-state index contributed by atoms with van der Waals surface area (Å²) in [6.07, 6.45) is 1.35. The molecule has 0 N–H and O–H groups in total. The van der Waals surface area contributed by atoms with E-state index in [-0.39, 0.29) is 0 Å². The monoisotopic (exact) mass is 223 g/mol. The first-order chi connectivity index (χ1) is 8.38. The molecule has 84 valence electrons. The summed E-state index contributed by atoms with van der Waals surface area (Å²) in [5.41, 5.74) is 1.16. The zero-order valence-electron chi connectivity index (χ0n) is 9.47. The van der Waals surface area contributed by atoms with E-state index in [4.69, 9.17) is 10.00 Å². The van der Waals surface area contributed by atoms with Crippen LogP contribution >= 0.6 is 0 Å². The normalized spacial score (nSPS) is 9.59. The highest BCUT2D eigenvalue weighted by Crippen LogP contribution is 2.21. The van der Waals surface area contributed by atoms with E-state index in [1.807, 2.05) is 54.6 Å². The van der Waals surface area contributed by atoms with Crippen LogP contribution in [0.15, 0.2) is 54.6 Å². The summed E-state index contributed by atoms with van der Waals surface area (Å²) in [6, 6.07) is 19.7. The van der Waals surface area contributed by atoms with Crippen LogP contribution in [-0.2, 0) is 6.42 Å². The SMILES string of the molecule is N#CCCc1ccc(Oc2ccccc2)cc1. The van der Waals surface area contributed by atoms with E-state index in [0.29, 0.717) is 6.42 Å². The standard InChI is InChI=1S/C15H13NO/c16-12-4-5-13-8-10-15(11-9-13)17-14-6-2-1-3-7-14/h1-3,6-11H,4-5H2. The summed E-state index contributed by atoms with van der Waals surface area (Å²) < 4.78 is 5.67. The fraction of sp³-hybridized carbons (Fsp3) is 0.133. The van der Waals surface area contributed by atoms with Crippen molar-refractivity contribution in [1.82, 2.24) is 0 Å². The van der Waals surface area contributed by atoms with Gasteiger partial charge in [0.2, 0.25) is 0 Å². The number of nitriles is 1. The van der Waals surface area contributed by atoms with Crippen LogP contribution in [0.5, 0.6) is 11.5 Å². The molecule has 0 atom stereocenters. The van der Waals surface area contributed by atoms with Gasteiger partial charge in [0.05, 0.1) is 6.07 Å². The van der Waals surface area contributed by atoms with Gasteiger partial charge in [-0.3, -0.25) is 0 Å².